The van der Waals surface area contributed by atoms with Crippen LogP contribution in [-0.2, 0) is 14.9 Å². The normalized spacial score (nSPS) is 11.3. The number of rotatable bonds is 4. The third-order valence-electron chi connectivity index (χ3n) is 3.37. The average Bonchev–Trinajstić information content (AvgIpc) is 2.34. The first-order valence-corrected chi connectivity index (χ1v) is 6.65. The van der Waals surface area contributed by atoms with Gasteiger partial charge in [0.05, 0.1) is 13.5 Å². The van der Waals surface area contributed by atoms with Crippen molar-refractivity contribution >= 4 is 11.7 Å². The first-order chi connectivity index (χ1) is 8.75. The van der Waals surface area contributed by atoms with Crippen molar-refractivity contribution < 1.29 is 9.53 Å². The SMILES string of the molecule is COC(=O)CCN(C)c1cc(C(C)(C)C)ccc1C. The lowest BCUT2D eigenvalue weighted by Gasteiger charge is -2.25. The molecule has 0 spiro atoms. The Bertz CT molecular complexity index is 447. The van der Waals surface area contributed by atoms with Crippen molar-refractivity contribution in [3.63, 3.8) is 0 Å². The molecule has 0 fully saturated rings. The Morgan fingerprint density at radius 3 is 2.47 bits per heavy atom. The maximum Gasteiger partial charge on any atom is 0.307 e. The molecule has 0 aromatic heterocycles. The number of hydrogen-bond acceptors (Lipinski definition) is 3. The number of aryl methyl sites for hydroxylation is 1. The molecule has 0 bridgehead atoms. The summed E-state index contributed by atoms with van der Waals surface area (Å²) >= 11 is 0. The molecule has 0 aliphatic heterocycles. The zero-order valence-electron chi connectivity index (χ0n) is 12.9. The molecular formula is C16H25NO2. The lowest BCUT2D eigenvalue weighted by molar-refractivity contribution is -0.140. The van der Waals surface area contributed by atoms with Gasteiger partial charge in [-0.05, 0) is 29.5 Å². The van der Waals surface area contributed by atoms with Crippen LogP contribution in [0.5, 0.6) is 0 Å². The Hall–Kier alpha value is -1.51. The van der Waals surface area contributed by atoms with Crippen LogP contribution in [0.3, 0.4) is 0 Å². The van der Waals surface area contributed by atoms with Gasteiger partial charge in [-0.15, -0.1) is 0 Å². The van der Waals surface area contributed by atoms with Crippen molar-refractivity contribution in [2.75, 3.05) is 25.6 Å². The van der Waals surface area contributed by atoms with Gasteiger partial charge in [0.15, 0.2) is 0 Å². The zero-order valence-corrected chi connectivity index (χ0v) is 12.9. The molecule has 0 atom stereocenters. The minimum absolute atomic E-state index is 0.131. The van der Waals surface area contributed by atoms with Crippen LogP contribution in [-0.4, -0.2) is 26.7 Å². The van der Waals surface area contributed by atoms with Crippen LogP contribution in [0.4, 0.5) is 5.69 Å². The molecule has 0 saturated heterocycles. The van der Waals surface area contributed by atoms with E-state index >= 15 is 0 Å². The minimum Gasteiger partial charge on any atom is -0.469 e. The fraction of sp³-hybridized carbons (Fsp3) is 0.562. The van der Waals surface area contributed by atoms with Gasteiger partial charge >= 0.3 is 5.97 Å². The van der Waals surface area contributed by atoms with Crippen molar-refractivity contribution in [3.8, 4) is 0 Å². The largest absolute Gasteiger partial charge is 0.469 e. The number of anilines is 1. The van der Waals surface area contributed by atoms with E-state index in [1.54, 1.807) is 0 Å². The van der Waals surface area contributed by atoms with Gasteiger partial charge in [-0.2, -0.15) is 0 Å². The van der Waals surface area contributed by atoms with Crippen LogP contribution in [0.15, 0.2) is 18.2 Å². The molecule has 3 nitrogen and oxygen atoms in total. The number of nitrogens with zero attached hydrogens (tertiary/aromatic N) is 1. The zero-order chi connectivity index (χ0) is 14.6. The molecule has 0 heterocycles. The van der Waals surface area contributed by atoms with Gasteiger partial charge in [-0.3, -0.25) is 4.79 Å². The Morgan fingerprint density at radius 1 is 1.32 bits per heavy atom. The minimum atomic E-state index is -0.170. The summed E-state index contributed by atoms with van der Waals surface area (Å²) in [6, 6.07) is 6.53. The number of benzene rings is 1. The van der Waals surface area contributed by atoms with Crippen LogP contribution < -0.4 is 4.90 Å². The number of esters is 1. The van der Waals surface area contributed by atoms with Crippen molar-refractivity contribution in [2.45, 2.75) is 39.5 Å². The molecule has 0 radical (unpaired) electrons. The highest BCUT2D eigenvalue weighted by Gasteiger charge is 2.16. The highest BCUT2D eigenvalue weighted by atomic mass is 16.5. The maximum atomic E-state index is 11.2. The number of carbonyl (C=O) groups excluding carboxylic acids is 1. The summed E-state index contributed by atoms with van der Waals surface area (Å²) in [6.07, 6.45) is 0.409. The molecule has 1 aromatic carbocycles. The van der Waals surface area contributed by atoms with Crippen LogP contribution in [0.25, 0.3) is 0 Å². The average molecular weight is 263 g/mol. The number of methoxy groups -OCH3 is 1. The molecule has 0 amide bonds. The second-order valence-corrected chi connectivity index (χ2v) is 6.00. The van der Waals surface area contributed by atoms with Gasteiger partial charge < -0.3 is 9.64 Å². The third kappa shape index (κ3) is 4.27. The van der Waals surface area contributed by atoms with Crippen LogP contribution in [0, 0.1) is 6.92 Å². The predicted octanol–water partition coefficient (Wildman–Crippen LogP) is 3.29. The highest BCUT2D eigenvalue weighted by Crippen LogP contribution is 2.28. The lowest BCUT2D eigenvalue weighted by atomic mass is 9.86. The number of hydrogen-bond donors (Lipinski definition) is 0. The van der Waals surface area contributed by atoms with Crippen LogP contribution in [0.1, 0.15) is 38.3 Å². The fourth-order valence-electron chi connectivity index (χ4n) is 1.97. The summed E-state index contributed by atoms with van der Waals surface area (Å²) in [5, 5.41) is 0. The van der Waals surface area contributed by atoms with E-state index in [0.29, 0.717) is 13.0 Å². The van der Waals surface area contributed by atoms with E-state index in [2.05, 4.69) is 55.5 Å². The summed E-state index contributed by atoms with van der Waals surface area (Å²) in [6.45, 7) is 9.37. The topological polar surface area (TPSA) is 29.5 Å². The molecule has 3 heteroatoms. The van der Waals surface area contributed by atoms with E-state index in [1.165, 1.54) is 23.9 Å². The molecule has 0 saturated carbocycles. The molecule has 0 unspecified atom stereocenters. The number of carbonyl (C=O) groups is 1. The predicted molar refractivity (Wildman–Crippen MR) is 79.8 cm³/mol. The lowest BCUT2D eigenvalue weighted by Crippen LogP contribution is -2.23. The Balaban J connectivity index is 2.89. The molecule has 0 aliphatic carbocycles. The van der Waals surface area contributed by atoms with Crippen molar-refractivity contribution in [2.24, 2.45) is 0 Å². The van der Waals surface area contributed by atoms with Gasteiger partial charge in [-0.1, -0.05) is 32.9 Å². The Kier molecular flexibility index (Phi) is 4.98. The molecule has 1 rings (SSSR count). The summed E-state index contributed by atoms with van der Waals surface area (Å²) in [5.74, 6) is -0.170. The van der Waals surface area contributed by atoms with Crippen molar-refractivity contribution in [1.29, 1.82) is 0 Å². The van der Waals surface area contributed by atoms with E-state index < -0.39 is 0 Å². The fourth-order valence-corrected chi connectivity index (χ4v) is 1.97. The molecule has 0 aliphatic rings. The van der Waals surface area contributed by atoms with Crippen molar-refractivity contribution in [1.82, 2.24) is 0 Å². The monoisotopic (exact) mass is 263 g/mol. The standard InChI is InChI=1S/C16H25NO2/c1-12-7-8-13(16(2,3)4)11-14(12)17(5)10-9-15(18)19-6/h7-8,11H,9-10H2,1-6H3. The summed E-state index contributed by atoms with van der Waals surface area (Å²) in [5.41, 5.74) is 3.83. The molecule has 19 heavy (non-hydrogen) atoms. The highest BCUT2D eigenvalue weighted by molar-refractivity contribution is 5.70. The number of ether oxygens (including phenoxy) is 1. The second-order valence-electron chi connectivity index (χ2n) is 6.00. The quantitative estimate of drug-likeness (QED) is 0.781. The summed E-state index contributed by atoms with van der Waals surface area (Å²) in [4.78, 5) is 13.3. The molecule has 0 N–H and O–H groups in total. The van der Waals surface area contributed by atoms with E-state index in [4.69, 9.17) is 0 Å². The Morgan fingerprint density at radius 2 is 1.95 bits per heavy atom. The van der Waals surface area contributed by atoms with Gasteiger partial charge in [-0.25, -0.2) is 0 Å². The van der Waals surface area contributed by atoms with Crippen molar-refractivity contribution in [3.05, 3.63) is 29.3 Å². The second kappa shape index (κ2) is 6.09. The van der Waals surface area contributed by atoms with Crippen LogP contribution >= 0.6 is 0 Å². The first kappa shape index (κ1) is 15.5. The summed E-state index contributed by atoms with van der Waals surface area (Å²) in [7, 11) is 3.44. The Labute approximate surface area is 116 Å². The van der Waals surface area contributed by atoms with E-state index in [9.17, 15) is 4.79 Å². The van der Waals surface area contributed by atoms with Gasteiger partial charge in [0.1, 0.15) is 0 Å². The van der Waals surface area contributed by atoms with Gasteiger partial charge in [0, 0.05) is 19.3 Å². The van der Waals surface area contributed by atoms with E-state index in [-0.39, 0.29) is 11.4 Å². The van der Waals surface area contributed by atoms with Gasteiger partial charge in [0.2, 0.25) is 0 Å². The summed E-state index contributed by atoms with van der Waals surface area (Å²) < 4.78 is 4.68. The van der Waals surface area contributed by atoms with E-state index in [0.717, 1.165) is 0 Å². The maximum absolute atomic E-state index is 11.2. The first-order valence-electron chi connectivity index (χ1n) is 6.65. The smallest absolute Gasteiger partial charge is 0.307 e. The van der Waals surface area contributed by atoms with Gasteiger partial charge in [0.25, 0.3) is 0 Å². The molecule has 106 valence electrons. The van der Waals surface area contributed by atoms with Crippen LogP contribution in [0.2, 0.25) is 0 Å². The van der Waals surface area contributed by atoms with E-state index in [1.807, 2.05) is 7.05 Å². The molecule has 1 aromatic rings. The molecular weight excluding hydrogens is 238 g/mol. The third-order valence-corrected chi connectivity index (χ3v) is 3.37.